The molecule has 0 aliphatic carbocycles. The van der Waals surface area contributed by atoms with Gasteiger partial charge in [0.25, 0.3) is 0 Å². The molecular formula is C17H25FN2O3. The smallest absolute Gasteiger partial charge is 0.319 e. The number of hydrogen-bond acceptors (Lipinski definition) is 3. The number of amides is 2. The van der Waals surface area contributed by atoms with Gasteiger partial charge in [0.15, 0.2) is 6.29 Å². The molecular weight excluding hydrogens is 299 g/mol. The van der Waals surface area contributed by atoms with Crippen LogP contribution in [0.25, 0.3) is 0 Å². The zero-order valence-corrected chi connectivity index (χ0v) is 13.7. The fraction of sp³-hybridized carbons (Fsp3) is 0.588. The number of nitrogens with one attached hydrogen (secondary N) is 2. The number of urea groups is 1. The molecule has 1 fully saturated rings. The first kappa shape index (κ1) is 17.7. The van der Waals surface area contributed by atoms with E-state index < -0.39 is 0 Å². The number of halogens is 1. The van der Waals surface area contributed by atoms with Crippen molar-refractivity contribution < 1.29 is 18.7 Å². The third-order valence-corrected chi connectivity index (χ3v) is 4.29. The number of hydrogen-bond donors (Lipinski definition) is 2. The van der Waals surface area contributed by atoms with Crippen molar-refractivity contribution in [3.8, 4) is 0 Å². The number of rotatable bonds is 7. The van der Waals surface area contributed by atoms with E-state index in [1.54, 1.807) is 12.1 Å². The summed E-state index contributed by atoms with van der Waals surface area (Å²) in [6.45, 7) is 6.11. The number of carbonyl (C=O) groups excluding carboxylic acids is 1. The summed E-state index contributed by atoms with van der Waals surface area (Å²) in [5, 5.41) is 5.39. The van der Waals surface area contributed by atoms with E-state index in [1.807, 2.05) is 0 Å². The minimum absolute atomic E-state index is 0.0444. The van der Waals surface area contributed by atoms with E-state index in [0.717, 1.165) is 19.3 Å². The zero-order valence-electron chi connectivity index (χ0n) is 13.7. The van der Waals surface area contributed by atoms with Crippen molar-refractivity contribution >= 4 is 11.7 Å². The van der Waals surface area contributed by atoms with Crippen LogP contribution in [0.1, 0.15) is 33.1 Å². The fourth-order valence-corrected chi connectivity index (χ4v) is 2.66. The zero-order chi connectivity index (χ0) is 16.7. The fourth-order valence-electron chi connectivity index (χ4n) is 2.66. The van der Waals surface area contributed by atoms with Gasteiger partial charge < -0.3 is 20.1 Å². The number of anilines is 1. The van der Waals surface area contributed by atoms with E-state index in [4.69, 9.17) is 9.47 Å². The number of carbonyl (C=O) groups is 1. The van der Waals surface area contributed by atoms with Gasteiger partial charge in [-0.05, 0) is 37.5 Å². The first-order valence-corrected chi connectivity index (χ1v) is 8.07. The predicted octanol–water partition coefficient (Wildman–Crippen LogP) is 3.52. The molecule has 23 heavy (non-hydrogen) atoms. The predicted molar refractivity (Wildman–Crippen MR) is 86.7 cm³/mol. The second-order valence-corrected chi connectivity index (χ2v) is 6.08. The highest BCUT2D eigenvalue weighted by Crippen LogP contribution is 2.35. The monoisotopic (exact) mass is 324 g/mol. The Kier molecular flexibility index (Phi) is 6.36. The van der Waals surface area contributed by atoms with Crippen LogP contribution in [0, 0.1) is 11.2 Å². The average Bonchev–Trinajstić information content (AvgIpc) is 3.06. The Balaban J connectivity index is 1.70. The van der Waals surface area contributed by atoms with Crippen LogP contribution in [0.5, 0.6) is 0 Å². The highest BCUT2D eigenvalue weighted by atomic mass is 19.1. The van der Waals surface area contributed by atoms with Crippen molar-refractivity contribution in [3.05, 3.63) is 30.1 Å². The van der Waals surface area contributed by atoms with Crippen LogP contribution in [0.3, 0.4) is 0 Å². The van der Waals surface area contributed by atoms with Gasteiger partial charge in [0.05, 0.1) is 13.2 Å². The van der Waals surface area contributed by atoms with E-state index in [1.165, 1.54) is 12.1 Å². The molecule has 0 saturated carbocycles. The van der Waals surface area contributed by atoms with Gasteiger partial charge in [-0.15, -0.1) is 0 Å². The Morgan fingerprint density at radius 3 is 2.78 bits per heavy atom. The van der Waals surface area contributed by atoms with Gasteiger partial charge in [-0.3, -0.25) is 0 Å². The molecule has 1 heterocycles. The van der Waals surface area contributed by atoms with Gasteiger partial charge in [-0.2, -0.15) is 0 Å². The highest BCUT2D eigenvalue weighted by molar-refractivity contribution is 5.89. The molecule has 1 aliphatic heterocycles. The van der Waals surface area contributed by atoms with Crippen LogP contribution in [-0.4, -0.2) is 32.1 Å². The average molecular weight is 324 g/mol. The van der Waals surface area contributed by atoms with E-state index in [9.17, 15) is 9.18 Å². The first-order valence-electron chi connectivity index (χ1n) is 8.07. The van der Waals surface area contributed by atoms with Crippen LogP contribution in [0.15, 0.2) is 24.3 Å². The van der Waals surface area contributed by atoms with Crippen molar-refractivity contribution in [2.75, 3.05) is 25.1 Å². The molecule has 1 aliphatic rings. The Morgan fingerprint density at radius 2 is 2.13 bits per heavy atom. The maximum Gasteiger partial charge on any atom is 0.319 e. The third-order valence-electron chi connectivity index (χ3n) is 4.29. The minimum Gasteiger partial charge on any atom is -0.350 e. The molecule has 0 bridgehead atoms. The van der Waals surface area contributed by atoms with Crippen molar-refractivity contribution in [2.24, 2.45) is 5.41 Å². The number of benzene rings is 1. The van der Waals surface area contributed by atoms with E-state index in [-0.39, 0.29) is 23.6 Å². The van der Waals surface area contributed by atoms with Crippen molar-refractivity contribution in [1.29, 1.82) is 0 Å². The first-order chi connectivity index (χ1) is 11.0. The summed E-state index contributed by atoms with van der Waals surface area (Å²) >= 11 is 0. The lowest BCUT2D eigenvalue weighted by atomic mass is 9.82. The van der Waals surface area contributed by atoms with Gasteiger partial charge in [0.2, 0.25) is 0 Å². The van der Waals surface area contributed by atoms with Crippen LogP contribution < -0.4 is 10.6 Å². The van der Waals surface area contributed by atoms with Crippen LogP contribution >= 0.6 is 0 Å². The van der Waals surface area contributed by atoms with Gasteiger partial charge in [-0.25, -0.2) is 9.18 Å². The molecule has 1 unspecified atom stereocenters. The van der Waals surface area contributed by atoms with E-state index in [2.05, 4.69) is 24.5 Å². The highest BCUT2D eigenvalue weighted by Gasteiger charge is 2.36. The molecule has 2 N–H and O–H groups in total. The lowest BCUT2D eigenvalue weighted by molar-refractivity contribution is -0.131. The van der Waals surface area contributed by atoms with Gasteiger partial charge in [0.1, 0.15) is 5.82 Å². The molecule has 2 amide bonds. The van der Waals surface area contributed by atoms with E-state index >= 15 is 0 Å². The van der Waals surface area contributed by atoms with E-state index in [0.29, 0.717) is 25.4 Å². The molecule has 128 valence electrons. The lowest BCUT2D eigenvalue weighted by Gasteiger charge is -2.33. The maximum absolute atomic E-state index is 13.0. The molecule has 6 heteroatoms. The summed E-state index contributed by atoms with van der Waals surface area (Å²) in [7, 11) is 0. The summed E-state index contributed by atoms with van der Waals surface area (Å²) in [6.07, 6.45) is 2.51. The van der Waals surface area contributed by atoms with Crippen molar-refractivity contribution in [2.45, 2.75) is 39.4 Å². The topological polar surface area (TPSA) is 59.6 Å². The van der Waals surface area contributed by atoms with Gasteiger partial charge >= 0.3 is 6.03 Å². The second-order valence-electron chi connectivity index (χ2n) is 6.08. The third kappa shape index (κ3) is 5.18. The minimum atomic E-state index is -0.377. The molecule has 1 saturated heterocycles. The SMILES string of the molecule is CCC(C)(CCCNC(=O)Nc1cccc(F)c1)C1OCCO1. The summed E-state index contributed by atoms with van der Waals surface area (Å²) in [4.78, 5) is 11.8. The Labute approximate surface area is 136 Å². The number of ether oxygens (including phenoxy) is 2. The lowest BCUT2D eigenvalue weighted by Crippen LogP contribution is -2.35. The Morgan fingerprint density at radius 1 is 1.39 bits per heavy atom. The standard InChI is InChI=1S/C17H25FN2O3/c1-3-17(2,15-22-10-11-23-15)8-5-9-19-16(21)20-14-7-4-6-13(18)12-14/h4,6-7,12,15H,3,5,8-11H2,1-2H3,(H2,19,20,21). The Bertz CT molecular complexity index is 520. The van der Waals surface area contributed by atoms with Crippen LogP contribution in [0.2, 0.25) is 0 Å². The second kappa shape index (κ2) is 8.26. The summed E-state index contributed by atoms with van der Waals surface area (Å²) in [5.74, 6) is -0.377. The molecule has 0 spiro atoms. The summed E-state index contributed by atoms with van der Waals surface area (Å²) in [6, 6.07) is 5.48. The molecule has 1 atom stereocenters. The van der Waals surface area contributed by atoms with Crippen LogP contribution in [0.4, 0.5) is 14.9 Å². The molecule has 0 radical (unpaired) electrons. The Hall–Kier alpha value is -1.66. The summed E-state index contributed by atoms with van der Waals surface area (Å²) in [5.41, 5.74) is 0.394. The largest absolute Gasteiger partial charge is 0.350 e. The summed E-state index contributed by atoms with van der Waals surface area (Å²) < 4.78 is 24.3. The molecule has 0 aromatic heterocycles. The quantitative estimate of drug-likeness (QED) is 0.755. The van der Waals surface area contributed by atoms with Crippen LogP contribution in [-0.2, 0) is 9.47 Å². The molecule has 1 aromatic carbocycles. The van der Waals surface area contributed by atoms with Crippen molar-refractivity contribution in [3.63, 3.8) is 0 Å². The maximum atomic E-state index is 13.0. The van der Waals surface area contributed by atoms with Crippen molar-refractivity contribution in [1.82, 2.24) is 5.32 Å². The van der Waals surface area contributed by atoms with Gasteiger partial charge in [0, 0.05) is 17.6 Å². The molecule has 5 nitrogen and oxygen atoms in total. The van der Waals surface area contributed by atoms with Gasteiger partial charge in [-0.1, -0.05) is 19.9 Å². The molecule has 1 aromatic rings. The molecule has 2 rings (SSSR count). The normalized spacial score (nSPS) is 17.7.